The van der Waals surface area contributed by atoms with Crippen LogP contribution < -0.4 is 5.32 Å². The molecule has 1 heterocycles. The van der Waals surface area contributed by atoms with Crippen molar-refractivity contribution in [2.24, 2.45) is 0 Å². The Morgan fingerprint density at radius 3 is 2.64 bits per heavy atom. The number of nitrogens with zero attached hydrogens (tertiary/aromatic N) is 1. The quantitative estimate of drug-likeness (QED) is 0.771. The molecule has 0 aliphatic heterocycles. The Morgan fingerprint density at radius 1 is 1.28 bits per heavy atom. The first-order valence-electron chi connectivity index (χ1n) is 8.51. The molecule has 0 radical (unpaired) electrons. The Bertz CT molecular complexity index is 748. The van der Waals surface area contributed by atoms with E-state index in [0.717, 1.165) is 23.4 Å². The molecule has 1 fully saturated rings. The van der Waals surface area contributed by atoms with Crippen LogP contribution in [0.25, 0.3) is 10.6 Å². The van der Waals surface area contributed by atoms with E-state index in [0.29, 0.717) is 11.6 Å². The minimum atomic E-state index is -0.432. The molecule has 1 aromatic carbocycles. The van der Waals surface area contributed by atoms with Gasteiger partial charge in [-0.05, 0) is 24.3 Å². The van der Waals surface area contributed by atoms with Crippen LogP contribution in [-0.4, -0.2) is 29.5 Å². The normalized spacial score (nSPS) is 13.7. The summed E-state index contributed by atoms with van der Waals surface area (Å²) < 4.78 is 5.01. The van der Waals surface area contributed by atoms with Gasteiger partial charge in [0, 0.05) is 17.0 Å². The molecule has 25 heavy (non-hydrogen) atoms. The standard InChI is InChI=1S/C19H22N2O3S/c1-12(2)13-3-5-14(6-4-13)19-21-16(11-25-19)9-18(23)24-10-17(22)20-15-7-8-15/h3-6,11-12,15H,7-10H2,1-2H3,(H,20,22). The lowest BCUT2D eigenvalue weighted by Gasteiger charge is -2.05. The molecule has 0 spiro atoms. The van der Waals surface area contributed by atoms with Gasteiger partial charge in [0.1, 0.15) is 5.01 Å². The Kier molecular flexibility index (Phi) is 5.48. The summed E-state index contributed by atoms with van der Waals surface area (Å²) in [5.41, 5.74) is 2.99. The number of ether oxygens (including phenoxy) is 1. The van der Waals surface area contributed by atoms with Crippen LogP contribution >= 0.6 is 11.3 Å². The molecule has 1 aliphatic carbocycles. The van der Waals surface area contributed by atoms with Gasteiger partial charge in [-0.25, -0.2) is 4.98 Å². The van der Waals surface area contributed by atoms with Gasteiger partial charge in [-0.2, -0.15) is 0 Å². The van der Waals surface area contributed by atoms with Crippen LogP contribution in [0.15, 0.2) is 29.6 Å². The van der Waals surface area contributed by atoms with E-state index >= 15 is 0 Å². The van der Waals surface area contributed by atoms with Crippen LogP contribution in [0.2, 0.25) is 0 Å². The first kappa shape index (κ1) is 17.6. The zero-order valence-electron chi connectivity index (χ0n) is 14.5. The molecule has 6 heteroatoms. The van der Waals surface area contributed by atoms with Crippen LogP contribution in [0, 0.1) is 0 Å². The van der Waals surface area contributed by atoms with E-state index < -0.39 is 5.97 Å². The zero-order chi connectivity index (χ0) is 17.8. The van der Waals surface area contributed by atoms with Crippen LogP contribution in [-0.2, 0) is 20.7 Å². The third-order valence-electron chi connectivity index (χ3n) is 4.01. The fraction of sp³-hybridized carbons (Fsp3) is 0.421. The fourth-order valence-electron chi connectivity index (χ4n) is 2.37. The SMILES string of the molecule is CC(C)c1ccc(-c2nc(CC(=O)OCC(=O)NC3CC3)cs2)cc1. The number of rotatable bonds is 7. The second kappa shape index (κ2) is 7.78. The van der Waals surface area contributed by atoms with Crippen molar-refractivity contribution in [3.63, 3.8) is 0 Å². The predicted molar refractivity (Wildman–Crippen MR) is 97.5 cm³/mol. The predicted octanol–water partition coefficient (Wildman–Crippen LogP) is 3.30. The van der Waals surface area contributed by atoms with Crippen molar-refractivity contribution < 1.29 is 14.3 Å². The van der Waals surface area contributed by atoms with Crippen LogP contribution in [0.3, 0.4) is 0 Å². The third kappa shape index (κ3) is 5.13. The van der Waals surface area contributed by atoms with Gasteiger partial charge >= 0.3 is 5.97 Å². The van der Waals surface area contributed by atoms with Crippen molar-refractivity contribution in [1.82, 2.24) is 10.3 Å². The van der Waals surface area contributed by atoms with Gasteiger partial charge in [-0.1, -0.05) is 38.1 Å². The van der Waals surface area contributed by atoms with Gasteiger partial charge in [-0.3, -0.25) is 9.59 Å². The molecule has 3 rings (SSSR count). The highest BCUT2D eigenvalue weighted by molar-refractivity contribution is 7.13. The Morgan fingerprint density at radius 2 is 2.00 bits per heavy atom. The summed E-state index contributed by atoms with van der Waals surface area (Å²) in [5, 5.41) is 5.52. The molecule has 1 aromatic heterocycles. The van der Waals surface area contributed by atoms with Gasteiger partial charge in [0.25, 0.3) is 5.91 Å². The van der Waals surface area contributed by atoms with Crippen molar-refractivity contribution in [1.29, 1.82) is 0 Å². The maximum absolute atomic E-state index is 11.8. The maximum atomic E-state index is 11.8. The number of aromatic nitrogens is 1. The molecule has 5 nitrogen and oxygen atoms in total. The smallest absolute Gasteiger partial charge is 0.312 e. The molecular formula is C19H22N2O3S. The van der Waals surface area contributed by atoms with Crippen molar-refractivity contribution in [2.45, 2.75) is 45.1 Å². The number of thiazole rings is 1. The molecule has 132 valence electrons. The van der Waals surface area contributed by atoms with Crippen molar-refractivity contribution in [3.05, 3.63) is 40.9 Å². The molecular weight excluding hydrogens is 336 g/mol. The Hall–Kier alpha value is -2.21. The lowest BCUT2D eigenvalue weighted by Crippen LogP contribution is -2.30. The Labute approximate surface area is 151 Å². The highest BCUT2D eigenvalue weighted by atomic mass is 32.1. The van der Waals surface area contributed by atoms with Gasteiger partial charge in [0.2, 0.25) is 0 Å². The maximum Gasteiger partial charge on any atom is 0.312 e. The molecule has 2 aromatic rings. The zero-order valence-corrected chi connectivity index (χ0v) is 15.3. The summed E-state index contributed by atoms with van der Waals surface area (Å²) in [7, 11) is 0. The van der Waals surface area contributed by atoms with Crippen molar-refractivity contribution in [3.8, 4) is 10.6 Å². The number of carbonyl (C=O) groups is 2. The second-order valence-electron chi connectivity index (χ2n) is 6.60. The van der Waals surface area contributed by atoms with Gasteiger partial charge in [0.05, 0.1) is 12.1 Å². The topological polar surface area (TPSA) is 68.3 Å². The molecule has 1 saturated carbocycles. The van der Waals surface area contributed by atoms with Crippen molar-refractivity contribution in [2.75, 3.05) is 6.61 Å². The van der Waals surface area contributed by atoms with Crippen LogP contribution in [0.1, 0.15) is 43.9 Å². The molecule has 0 bridgehead atoms. The first-order chi connectivity index (χ1) is 12.0. The highest BCUT2D eigenvalue weighted by Gasteiger charge is 2.23. The average Bonchev–Trinajstić information content (AvgIpc) is 3.28. The number of benzene rings is 1. The number of hydrogen-bond acceptors (Lipinski definition) is 5. The number of amides is 1. The molecule has 1 aliphatic rings. The molecule has 1 N–H and O–H groups in total. The minimum Gasteiger partial charge on any atom is -0.455 e. The molecule has 0 unspecified atom stereocenters. The Balaban J connectivity index is 1.52. The van der Waals surface area contributed by atoms with Gasteiger partial charge < -0.3 is 10.1 Å². The number of nitrogens with one attached hydrogen (secondary N) is 1. The van der Waals surface area contributed by atoms with E-state index in [1.54, 1.807) is 0 Å². The number of carbonyl (C=O) groups excluding carboxylic acids is 2. The monoisotopic (exact) mass is 358 g/mol. The molecule has 0 saturated heterocycles. The molecule has 0 atom stereocenters. The number of hydrogen-bond donors (Lipinski definition) is 1. The highest BCUT2D eigenvalue weighted by Crippen LogP contribution is 2.26. The van der Waals surface area contributed by atoms with E-state index in [4.69, 9.17) is 4.74 Å². The summed E-state index contributed by atoms with van der Waals surface area (Å²) in [6.07, 6.45) is 2.11. The average molecular weight is 358 g/mol. The summed E-state index contributed by atoms with van der Waals surface area (Å²) in [6.45, 7) is 4.10. The lowest BCUT2D eigenvalue weighted by atomic mass is 10.0. The van der Waals surface area contributed by atoms with E-state index in [9.17, 15) is 9.59 Å². The molecule has 1 amide bonds. The second-order valence-corrected chi connectivity index (χ2v) is 7.46. The van der Waals surface area contributed by atoms with E-state index in [-0.39, 0.29) is 25.0 Å². The van der Waals surface area contributed by atoms with E-state index in [2.05, 4.69) is 48.4 Å². The summed E-state index contributed by atoms with van der Waals surface area (Å²) in [4.78, 5) is 27.9. The van der Waals surface area contributed by atoms with Crippen LogP contribution in [0.4, 0.5) is 0 Å². The number of esters is 1. The van der Waals surface area contributed by atoms with Gasteiger partial charge in [-0.15, -0.1) is 11.3 Å². The third-order valence-corrected chi connectivity index (χ3v) is 4.95. The first-order valence-corrected chi connectivity index (χ1v) is 9.39. The van der Waals surface area contributed by atoms with E-state index in [1.165, 1.54) is 16.9 Å². The largest absolute Gasteiger partial charge is 0.455 e. The van der Waals surface area contributed by atoms with E-state index in [1.807, 2.05) is 5.38 Å². The van der Waals surface area contributed by atoms with Gasteiger partial charge in [0.15, 0.2) is 6.61 Å². The minimum absolute atomic E-state index is 0.0806. The summed E-state index contributed by atoms with van der Waals surface area (Å²) >= 11 is 1.50. The lowest BCUT2D eigenvalue weighted by molar-refractivity contribution is -0.147. The fourth-order valence-corrected chi connectivity index (χ4v) is 3.20. The van der Waals surface area contributed by atoms with Crippen molar-refractivity contribution >= 4 is 23.2 Å². The summed E-state index contributed by atoms with van der Waals surface area (Å²) in [6, 6.07) is 8.59. The summed E-state index contributed by atoms with van der Waals surface area (Å²) in [5.74, 6) is -0.175. The van der Waals surface area contributed by atoms with Crippen LogP contribution in [0.5, 0.6) is 0 Å².